The Morgan fingerprint density at radius 1 is 1.00 bits per heavy atom. The highest BCUT2D eigenvalue weighted by Crippen LogP contribution is 2.22. The molecule has 1 aromatic heterocycles. The number of hydrogen-bond acceptors (Lipinski definition) is 4. The molecule has 0 atom stereocenters. The van der Waals surface area contributed by atoms with E-state index in [4.69, 9.17) is 4.74 Å². The van der Waals surface area contributed by atoms with Crippen LogP contribution in [-0.2, 0) is 4.79 Å². The number of amides is 2. The maximum absolute atomic E-state index is 11.8. The van der Waals surface area contributed by atoms with Gasteiger partial charge in [-0.2, -0.15) is 0 Å². The fourth-order valence-corrected chi connectivity index (χ4v) is 2.37. The zero-order valence-corrected chi connectivity index (χ0v) is 14.1. The van der Waals surface area contributed by atoms with Crippen LogP contribution >= 0.6 is 0 Å². The fourth-order valence-electron chi connectivity index (χ4n) is 2.37. The molecular formula is C20H17N3O3. The first-order valence-electron chi connectivity index (χ1n) is 7.93. The van der Waals surface area contributed by atoms with Gasteiger partial charge in [0.1, 0.15) is 11.4 Å². The van der Waals surface area contributed by atoms with Gasteiger partial charge >= 0.3 is 0 Å². The molecule has 1 heterocycles. The Morgan fingerprint density at radius 3 is 2.58 bits per heavy atom. The maximum atomic E-state index is 11.8. The van der Waals surface area contributed by atoms with Crippen molar-refractivity contribution >= 4 is 28.7 Å². The largest absolute Gasteiger partial charge is 0.497 e. The smallest absolute Gasteiger partial charge is 0.288 e. The first kappa shape index (κ1) is 17.2. The van der Waals surface area contributed by atoms with Gasteiger partial charge in [-0.15, -0.1) is 0 Å². The van der Waals surface area contributed by atoms with Crippen molar-refractivity contribution in [1.29, 1.82) is 0 Å². The van der Waals surface area contributed by atoms with Crippen LogP contribution in [0.15, 0.2) is 66.9 Å². The minimum Gasteiger partial charge on any atom is -0.497 e. The quantitative estimate of drug-likeness (QED) is 0.562. The van der Waals surface area contributed by atoms with Crippen LogP contribution in [0, 0.1) is 0 Å². The minimum absolute atomic E-state index is 0.224. The molecule has 6 nitrogen and oxygen atoms in total. The molecule has 0 fully saturated rings. The molecule has 3 aromatic rings. The number of ether oxygens (including phenoxy) is 1. The van der Waals surface area contributed by atoms with Crippen LogP contribution in [-0.4, -0.2) is 23.9 Å². The van der Waals surface area contributed by atoms with E-state index in [0.29, 0.717) is 0 Å². The molecule has 3 rings (SSSR count). The van der Waals surface area contributed by atoms with E-state index in [1.807, 2.05) is 36.4 Å². The van der Waals surface area contributed by atoms with Crippen molar-refractivity contribution < 1.29 is 14.3 Å². The van der Waals surface area contributed by atoms with E-state index in [-0.39, 0.29) is 5.69 Å². The van der Waals surface area contributed by atoms with Crippen LogP contribution in [0.4, 0.5) is 0 Å². The molecule has 2 aromatic carbocycles. The van der Waals surface area contributed by atoms with Gasteiger partial charge in [0.2, 0.25) is 0 Å². The molecular weight excluding hydrogens is 330 g/mol. The Labute approximate surface area is 150 Å². The number of carbonyl (C=O) groups excluding carboxylic acids is 2. The number of aromatic nitrogens is 1. The van der Waals surface area contributed by atoms with Crippen molar-refractivity contribution in [2.45, 2.75) is 0 Å². The molecule has 0 unspecified atom stereocenters. The Kier molecular flexibility index (Phi) is 5.24. The summed E-state index contributed by atoms with van der Waals surface area (Å²) in [4.78, 5) is 27.6. The maximum Gasteiger partial charge on any atom is 0.288 e. The predicted molar refractivity (Wildman–Crippen MR) is 99.4 cm³/mol. The third-order valence-electron chi connectivity index (χ3n) is 3.70. The first-order valence-corrected chi connectivity index (χ1v) is 7.93. The van der Waals surface area contributed by atoms with E-state index in [1.54, 1.807) is 31.4 Å². The topological polar surface area (TPSA) is 80.3 Å². The molecule has 0 radical (unpaired) electrons. The lowest BCUT2D eigenvalue weighted by Crippen LogP contribution is -2.41. The lowest BCUT2D eigenvalue weighted by atomic mass is 10.1. The van der Waals surface area contributed by atoms with E-state index < -0.39 is 11.8 Å². The molecule has 26 heavy (non-hydrogen) atoms. The number of hydrogen-bond donors (Lipinski definition) is 2. The summed E-state index contributed by atoms with van der Waals surface area (Å²) < 4.78 is 5.20. The van der Waals surface area contributed by atoms with Crippen LogP contribution in [0.25, 0.3) is 16.8 Å². The number of hydrazine groups is 1. The molecule has 2 amide bonds. The van der Waals surface area contributed by atoms with E-state index in [1.165, 1.54) is 12.3 Å². The third kappa shape index (κ3) is 4.24. The van der Waals surface area contributed by atoms with E-state index in [0.717, 1.165) is 22.1 Å². The summed E-state index contributed by atoms with van der Waals surface area (Å²) in [5.41, 5.74) is 5.73. The number of methoxy groups -OCH3 is 1. The number of benzene rings is 2. The number of rotatable bonds is 4. The standard InChI is InChI=1S/C20H17N3O3/c1-26-17-9-8-15-12-14(5-7-16(15)13-17)6-10-19(24)22-23-20(25)18-4-2-3-11-21-18/h2-13H,1H3,(H,22,24)(H,23,25)/b10-6+. The molecule has 0 spiro atoms. The van der Waals surface area contributed by atoms with E-state index in [9.17, 15) is 9.59 Å². The first-order chi connectivity index (χ1) is 12.7. The lowest BCUT2D eigenvalue weighted by molar-refractivity contribution is -0.117. The van der Waals surface area contributed by atoms with Gasteiger partial charge in [0.25, 0.3) is 11.8 Å². The summed E-state index contributed by atoms with van der Waals surface area (Å²) in [5, 5.41) is 2.09. The Balaban J connectivity index is 1.61. The van der Waals surface area contributed by atoms with Gasteiger partial charge in [-0.1, -0.05) is 24.3 Å². The number of pyridine rings is 1. The molecule has 0 aliphatic rings. The van der Waals surface area contributed by atoms with Crippen molar-refractivity contribution in [1.82, 2.24) is 15.8 Å². The van der Waals surface area contributed by atoms with Crippen molar-refractivity contribution in [2.24, 2.45) is 0 Å². The SMILES string of the molecule is COc1ccc2cc(/C=C/C(=O)NNC(=O)c3ccccn3)ccc2c1. The molecule has 2 N–H and O–H groups in total. The van der Waals surface area contributed by atoms with Crippen LogP contribution < -0.4 is 15.6 Å². The molecule has 0 aliphatic carbocycles. The van der Waals surface area contributed by atoms with Crippen molar-refractivity contribution in [2.75, 3.05) is 7.11 Å². The van der Waals surface area contributed by atoms with E-state index in [2.05, 4.69) is 15.8 Å². The summed E-state index contributed by atoms with van der Waals surface area (Å²) in [7, 11) is 1.63. The van der Waals surface area contributed by atoms with Crippen LogP contribution in [0.1, 0.15) is 16.1 Å². The van der Waals surface area contributed by atoms with Crippen LogP contribution in [0.5, 0.6) is 5.75 Å². The average molecular weight is 347 g/mol. The molecule has 0 saturated heterocycles. The third-order valence-corrected chi connectivity index (χ3v) is 3.70. The predicted octanol–water partition coefficient (Wildman–Crippen LogP) is 2.72. The second-order valence-corrected chi connectivity index (χ2v) is 5.46. The zero-order valence-electron chi connectivity index (χ0n) is 14.1. The monoisotopic (exact) mass is 347 g/mol. The van der Waals surface area contributed by atoms with Gasteiger partial charge in [-0.25, -0.2) is 0 Å². The molecule has 0 saturated carbocycles. The second-order valence-electron chi connectivity index (χ2n) is 5.46. The Bertz CT molecular complexity index is 968. The van der Waals surface area contributed by atoms with Crippen molar-refractivity contribution in [3.05, 3.63) is 78.1 Å². The average Bonchev–Trinajstić information content (AvgIpc) is 2.70. The van der Waals surface area contributed by atoms with Gasteiger partial charge in [0.05, 0.1) is 7.11 Å². The fraction of sp³-hybridized carbons (Fsp3) is 0.0500. The summed E-state index contributed by atoms with van der Waals surface area (Å²) in [6, 6.07) is 16.6. The van der Waals surface area contributed by atoms with Gasteiger partial charge in [-0.3, -0.25) is 25.4 Å². The summed E-state index contributed by atoms with van der Waals surface area (Å²) in [6.45, 7) is 0. The summed E-state index contributed by atoms with van der Waals surface area (Å²) in [5.74, 6) is -0.125. The lowest BCUT2D eigenvalue weighted by Gasteiger charge is -2.05. The Hall–Kier alpha value is -3.67. The minimum atomic E-state index is -0.480. The highest BCUT2D eigenvalue weighted by Gasteiger charge is 2.06. The van der Waals surface area contributed by atoms with Gasteiger partial charge in [0.15, 0.2) is 0 Å². The zero-order chi connectivity index (χ0) is 18.4. The highest BCUT2D eigenvalue weighted by atomic mass is 16.5. The van der Waals surface area contributed by atoms with E-state index >= 15 is 0 Å². The summed E-state index contributed by atoms with van der Waals surface area (Å²) >= 11 is 0. The van der Waals surface area contributed by atoms with Gasteiger partial charge < -0.3 is 4.74 Å². The normalized spacial score (nSPS) is 10.7. The van der Waals surface area contributed by atoms with Crippen LogP contribution in [0.3, 0.4) is 0 Å². The van der Waals surface area contributed by atoms with Crippen molar-refractivity contribution in [3.8, 4) is 5.75 Å². The molecule has 6 heteroatoms. The van der Waals surface area contributed by atoms with Gasteiger partial charge in [-0.05, 0) is 52.7 Å². The summed E-state index contributed by atoms with van der Waals surface area (Å²) in [6.07, 6.45) is 4.53. The van der Waals surface area contributed by atoms with Gasteiger partial charge in [0, 0.05) is 12.3 Å². The number of fused-ring (bicyclic) bond motifs is 1. The second kappa shape index (κ2) is 7.94. The van der Waals surface area contributed by atoms with Crippen LogP contribution in [0.2, 0.25) is 0 Å². The Morgan fingerprint density at radius 2 is 1.81 bits per heavy atom. The molecule has 0 aliphatic heterocycles. The number of carbonyl (C=O) groups is 2. The molecule has 130 valence electrons. The molecule has 0 bridgehead atoms. The number of nitrogens with one attached hydrogen (secondary N) is 2. The highest BCUT2D eigenvalue weighted by molar-refractivity contribution is 5.97. The number of nitrogens with zero attached hydrogens (tertiary/aromatic N) is 1. The van der Waals surface area contributed by atoms with Crippen molar-refractivity contribution in [3.63, 3.8) is 0 Å².